The van der Waals surface area contributed by atoms with Crippen LogP contribution in [0.25, 0.3) is 0 Å². The Balaban J connectivity index is 2.23. The Labute approximate surface area is 155 Å². The second-order valence-corrected chi connectivity index (χ2v) is 6.86. The van der Waals surface area contributed by atoms with Gasteiger partial charge in [0.05, 0.1) is 31.3 Å². The first-order valence-corrected chi connectivity index (χ1v) is 9.00. The maximum atomic E-state index is 12.5. The van der Waals surface area contributed by atoms with Gasteiger partial charge >= 0.3 is 5.97 Å². The summed E-state index contributed by atoms with van der Waals surface area (Å²) < 4.78 is 11.5. The van der Waals surface area contributed by atoms with Crippen molar-refractivity contribution in [2.24, 2.45) is 5.41 Å². The largest absolute Gasteiger partial charge is 0.465 e. The number of carbonyl (C=O) groups is 1. The number of aliphatic hydroxyl groups excluding tert-OH is 1. The average molecular weight is 356 g/mol. The average Bonchev–Trinajstić information content (AvgIpc) is 2.66. The van der Waals surface area contributed by atoms with E-state index in [1.165, 1.54) is 0 Å². The molecule has 0 heterocycles. The van der Waals surface area contributed by atoms with Crippen molar-refractivity contribution in [3.8, 4) is 0 Å². The molecule has 2 aromatic rings. The van der Waals surface area contributed by atoms with Crippen LogP contribution < -0.4 is 0 Å². The highest BCUT2D eigenvalue weighted by Crippen LogP contribution is 2.38. The third-order valence-corrected chi connectivity index (χ3v) is 4.51. The van der Waals surface area contributed by atoms with Gasteiger partial charge in [-0.3, -0.25) is 4.79 Å². The molecule has 0 bridgehead atoms. The number of esters is 1. The summed E-state index contributed by atoms with van der Waals surface area (Å²) in [7, 11) is 0. The third kappa shape index (κ3) is 4.93. The van der Waals surface area contributed by atoms with Crippen molar-refractivity contribution in [2.45, 2.75) is 32.8 Å². The number of carbonyl (C=O) groups excluding carboxylic acids is 1. The summed E-state index contributed by atoms with van der Waals surface area (Å²) in [6, 6.07) is 19.4. The molecule has 0 unspecified atom stereocenters. The van der Waals surface area contributed by atoms with Gasteiger partial charge in [0.1, 0.15) is 0 Å². The van der Waals surface area contributed by atoms with E-state index in [-0.39, 0.29) is 18.5 Å². The van der Waals surface area contributed by atoms with Crippen LogP contribution in [-0.4, -0.2) is 30.9 Å². The van der Waals surface area contributed by atoms with Crippen LogP contribution in [0.4, 0.5) is 0 Å². The second-order valence-electron chi connectivity index (χ2n) is 6.86. The minimum Gasteiger partial charge on any atom is -0.465 e. The van der Waals surface area contributed by atoms with Crippen LogP contribution in [0.15, 0.2) is 60.7 Å². The van der Waals surface area contributed by atoms with Crippen LogP contribution in [0.5, 0.6) is 0 Å². The molecule has 0 amide bonds. The molecule has 0 aliphatic carbocycles. The topological polar surface area (TPSA) is 55.8 Å². The molecule has 2 aromatic carbocycles. The molecule has 0 spiro atoms. The lowest BCUT2D eigenvalue weighted by atomic mass is 9.82. The van der Waals surface area contributed by atoms with Gasteiger partial charge in [-0.15, -0.1) is 0 Å². The van der Waals surface area contributed by atoms with Gasteiger partial charge in [-0.2, -0.15) is 0 Å². The van der Waals surface area contributed by atoms with Crippen molar-refractivity contribution in [1.29, 1.82) is 0 Å². The minimum absolute atomic E-state index is 0.0225. The first-order valence-electron chi connectivity index (χ1n) is 9.00. The van der Waals surface area contributed by atoms with Crippen molar-refractivity contribution < 1.29 is 19.4 Å². The molecule has 0 aliphatic rings. The van der Waals surface area contributed by atoms with E-state index >= 15 is 0 Å². The zero-order valence-electron chi connectivity index (χ0n) is 15.7. The van der Waals surface area contributed by atoms with E-state index in [2.05, 4.69) is 0 Å². The van der Waals surface area contributed by atoms with Gasteiger partial charge in [0.25, 0.3) is 0 Å². The molecule has 140 valence electrons. The zero-order chi connectivity index (χ0) is 19.0. The lowest BCUT2D eigenvalue weighted by molar-refractivity contribution is -0.164. The Bertz CT molecular complexity index is 667. The predicted molar refractivity (Wildman–Crippen MR) is 102 cm³/mol. The summed E-state index contributed by atoms with van der Waals surface area (Å²) in [4.78, 5) is 12.5. The molecular weight excluding hydrogens is 328 g/mol. The Morgan fingerprint density at radius 3 is 2.04 bits per heavy atom. The smallest absolute Gasteiger partial charge is 0.314 e. The Kier molecular flexibility index (Phi) is 7.37. The normalized spacial score (nSPS) is 13.8. The molecule has 0 aromatic heterocycles. The van der Waals surface area contributed by atoms with Gasteiger partial charge in [0.15, 0.2) is 0 Å². The number of rotatable bonds is 9. The molecule has 1 N–H and O–H groups in total. The van der Waals surface area contributed by atoms with Crippen molar-refractivity contribution in [3.63, 3.8) is 0 Å². The molecule has 4 nitrogen and oxygen atoms in total. The van der Waals surface area contributed by atoms with E-state index in [9.17, 15) is 9.90 Å². The van der Waals surface area contributed by atoms with Crippen molar-refractivity contribution >= 4 is 5.97 Å². The SMILES string of the molecule is CCOC(=O)C(C)(C)[C@@H](OC[C@@H](CO)c1ccccc1)c1ccccc1. The van der Waals surface area contributed by atoms with E-state index in [1.54, 1.807) is 6.92 Å². The van der Waals surface area contributed by atoms with Crippen molar-refractivity contribution in [2.75, 3.05) is 19.8 Å². The Morgan fingerprint density at radius 2 is 1.54 bits per heavy atom. The van der Waals surface area contributed by atoms with Gasteiger partial charge in [-0.1, -0.05) is 60.7 Å². The predicted octanol–water partition coefficient (Wildman–Crippen LogP) is 4.11. The van der Waals surface area contributed by atoms with Gasteiger partial charge < -0.3 is 14.6 Å². The van der Waals surface area contributed by atoms with Crippen LogP contribution >= 0.6 is 0 Å². The molecule has 0 aliphatic heterocycles. The highest BCUT2D eigenvalue weighted by Gasteiger charge is 2.40. The van der Waals surface area contributed by atoms with Crippen LogP contribution in [-0.2, 0) is 14.3 Å². The highest BCUT2D eigenvalue weighted by atomic mass is 16.5. The molecule has 0 saturated carbocycles. The van der Waals surface area contributed by atoms with Crippen LogP contribution in [0.3, 0.4) is 0 Å². The summed E-state index contributed by atoms with van der Waals surface area (Å²) in [5.74, 6) is -0.450. The molecular formula is C22H28O4. The minimum atomic E-state index is -0.853. The maximum Gasteiger partial charge on any atom is 0.314 e. The molecule has 0 radical (unpaired) electrons. The number of ether oxygens (including phenoxy) is 2. The number of aliphatic hydroxyl groups is 1. The zero-order valence-corrected chi connectivity index (χ0v) is 15.7. The summed E-state index contributed by atoms with van der Waals surface area (Å²) in [6.45, 7) is 6.07. The third-order valence-electron chi connectivity index (χ3n) is 4.51. The lowest BCUT2D eigenvalue weighted by Gasteiger charge is -2.33. The first kappa shape index (κ1) is 20.1. The fourth-order valence-electron chi connectivity index (χ4n) is 2.97. The van der Waals surface area contributed by atoms with Crippen LogP contribution in [0, 0.1) is 5.41 Å². The van der Waals surface area contributed by atoms with Gasteiger partial charge in [0.2, 0.25) is 0 Å². The molecule has 26 heavy (non-hydrogen) atoms. The summed E-state index contributed by atoms with van der Waals surface area (Å²) in [5, 5.41) is 9.79. The Morgan fingerprint density at radius 1 is 1.00 bits per heavy atom. The van der Waals surface area contributed by atoms with Crippen LogP contribution in [0.1, 0.15) is 43.9 Å². The lowest BCUT2D eigenvalue weighted by Crippen LogP contribution is -2.35. The van der Waals surface area contributed by atoms with E-state index in [4.69, 9.17) is 9.47 Å². The van der Waals surface area contributed by atoms with Gasteiger partial charge in [0, 0.05) is 5.92 Å². The molecule has 0 fully saturated rings. The van der Waals surface area contributed by atoms with Crippen molar-refractivity contribution in [1.82, 2.24) is 0 Å². The first-order chi connectivity index (χ1) is 12.5. The number of hydrogen-bond acceptors (Lipinski definition) is 4. The summed E-state index contributed by atoms with van der Waals surface area (Å²) >= 11 is 0. The molecule has 4 heteroatoms. The number of hydrogen-bond donors (Lipinski definition) is 1. The standard InChI is InChI=1S/C22H28O4/c1-4-25-21(24)22(2,3)20(18-13-9-6-10-14-18)26-16-19(15-23)17-11-7-5-8-12-17/h5-14,19-20,23H,4,15-16H2,1-3H3/t19-,20+/m1/s1. The molecule has 2 atom stereocenters. The monoisotopic (exact) mass is 356 g/mol. The second kappa shape index (κ2) is 9.51. The van der Waals surface area contributed by atoms with E-state index < -0.39 is 11.5 Å². The quantitative estimate of drug-likeness (QED) is 0.687. The van der Waals surface area contributed by atoms with E-state index in [0.717, 1.165) is 11.1 Å². The molecule has 0 saturated heterocycles. The maximum absolute atomic E-state index is 12.5. The summed E-state index contributed by atoms with van der Waals surface area (Å²) in [6.07, 6.45) is -0.472. The molecule has 2 rings (SSSR count). The number of benzene rings is 2. The summed E-state index contributed by atoms with van der Waals surface area (Å²) in [5.41, 5.74) is 1.07. The van der Waals surface area contributed by atoms with Crippen LogP contribution in [0.2, 0.25) is 0 Å². The van der Waals surface area contributed by atoms with Gasteiger partial charge in [-0.25, -0.2) is 0 Å². The van der Waals surface area contributed by atoms with Crippen molar-refractivity contribution in [3.05, 3.63) is 71.8 Å². The van der Waals surface area contributed by atoms with Gasteiger partial charge in [-0.05, 0) is 31.9 Å². The highest BCUT2D eigenvalue weighted by molar-refractivity contribution is 5.77. The van der Waals surface area contributed by atoms with E-state index in [0.29, 0.717) is 13.2 Å². The fourth-order valence-corrected chi connectivity index (χ4v) is 2.97. The Hall–Kier alpha value is -2.17. The fraction of sp³-hybridized carbons (Fsp3) is 0.409. The van der Waals surface area contributed by atoms with E-state index in [1.807, 2.05) is 74.5 Å².